The monoisotopic (exact) mass is 360 g/mol. The summed E-state index contributed by atoms with van der Waals surface area (Å²) in [5.41, 5.74) is 1.85. The lowest BCUT2D eigenvalue weighted by Gasteiger charge is -2.36. The molecule has 25 heavy (non-hydrogen) atoms. The Morgan fingerprint density at radius 2 is 1.92 bits per heavy atom. The highest BCUT2D eigenvalue weighted by molar-refractivity contribution is 7.13. The van der Waals surface area contributed by atoms with E-state index >= 15 is 0 Å². The topological polar surface area (TPSA) is 74.8 Å². The van der Waals surface area contributed by atoms with Crippen molar-refractivity contribution >= 4 is 34.2 Å². The van der Waals surface area contributed by atoms with Gasteiger partial charge in [0.05, 0.1) is 19.2 Å². The van der Waals surface area contributed by atoms with Gasteiger partial charge >= 0.3 is 6.09 Å². The van der Waals surface area contributed by atoms with Crippen LogP contribution in [-0.4, -0.2) is 55.2 Å². The molecular weight excluding hydrogens is 340 g/mol. The lowest BCUT2D eigenvalue weighted by Crippen LogP contribution is -2.49. The van der Waals surface area contributed by atoms with E-state index in [0.717, 1.165) is 13.1 Å². The van der Waals surface area contributed by atoms with Crippen molar-refractivity contribution in [2.75, 3.05) is 43.5 Å². The van der Waals surface area contributed by atoms with Crippen molar-refractivity contribution in [2.24, 2.45) is 0 Å². The molecule has 0 spiro atoms. The van der Waals surface area contributed by atoms with Gasteiger partial charge in [0.15, 0.2) is 5.13 Å². The molecule has 0 aliphatic carbocycles. The minimum Gasteiger partial charge on any atom is -0.453 e. The number of carbonyl (C=O) groups is 2. The zero-order valence-corrected chi connectivity index (χ0v) is 14.8. The lowest BCUT2D eigenvalue weighted by molar-refractivity contribution is -0.130. The van der Waals surface area contributed by atoms with E-state index in [-0.39, 0.29) is 12.3 Å². The largest absolute Gasteiger partial charge is 0.453 e. The number of ether oxygens (including phenoxy) is 1. The average Bonchev–Trinajstić information content (AvgIpc) is 3.09. The fraction of sp³-hybridized carbons (Fsp3) is 0.353. The molecule has 132 valence electrons. The number of carbonyl (C=O) groups excluding carboxylic acids is 2. The number of amides is 2. The number of piperazine rings is 1. The number of benzene rings is 1. The Morgan fingerprint density at radius 1 is 1.20 bits per heavy atom. The SMILES string of the molecule is COC(=O)Nc1nc(CC(=O)N2CCN(c3ccccc3)CC2)cs1. The fourth-order valence-corrected chi connectivity index (χ4v) is 3.40. The highest BCUT2D eigenvalue weighted by atomic mass is 32.1. The van der Waals surface area contributed by atoms with Gasteiger partial charge in [-0.3, -0.25) is 10.1 Å². The van der Waals surface area contributed by atoms with Crippen LogP contribution in [0.3, 0.4) is 0 Å². The zero-order valence-electron chi connectivity index (χ0n) is 14.0. The van der Waals surface area contributed by atoms with Gasteiger partial charge in [0.1, 0.15) is 0 Å². The number of nitrogens with zero attached hydrogens (tertiary/aromatic N) is 3. The van der Waals surface area contributed by atoms with Crippen LogP contribution in [0.25, 0.3) is 0 Å². The van der Waals surface area contributed by atoms with Crippen LogP contribution < -0.4 is 10.2 Å². The normalized spacial score (nSPS) is 14.3. The highest BCUT2D eigenvalue weighted by Crippen LogP contribution is 2.18. The third kappa shape index (κ3) is 4.48. The Morgan fingerprint density at radius 3 is 2.60 bits per heavy atom. The molecule has 3 rings (SSSR count). The average molecular weight is 360 g/mol. The molecule has 0 radical (unpaired) electrons. The first-order valence-electron chi connectivity index (χ1n) is 8.03. The van der Waals surface area contributed by atoms with Crippen LogP contribution in [0.2, 0.25) is 0 Å². The smallest absolute Gasteiger partial charge is 0.413 e. The first-order valence-corrected chi connectivity index (χ1v) is 8.91. The van der Waals surface area contributed by atoms with E-state index in [9.17, 15) is 9.59 Å². The Hall–Kier alpha value is -2.61. The quantitative estimate of drug-likeness (QED) is 0.905. The van der Waals surface area contributed by atoms with E-state index in [0.29, 0.717) is 23.9 Å². The lowest BCUT2D eigenvalue weighted by atomic mass is 10.2. The molecular formula is C17H20N4O3S. The summed E-state index contributed by atoms with van der Waals surface area (Å²) < 4.78 is 4.52. The van der Waals surface area contributed by atoms with Gasteiger partial charge in [-0.2, -0.15) is 0 Å². The molecule has 1 aliphatic heterocycles. The first kappa shape index (κ1) is 17.2. The number of nitrogens with one attached hydrogen (secondary N) is 1. The number of thiazole rings is 1. The Balaban J connectivity index is 1.50. The summed E-state index contributed by atoms with van der Waals surface area (Å²) in [6.07, 6.45) is -0.325. The molecule has 7 nitrogen and oxygen atoms in total. The molecule has 1 saturated heterocycles. The minimum atomic E-state index is -0.565. The van der Waals surface area contributed by atoms with Crippen molar-refractivity contribution in [2.45, 2.75) is 6.42 Å². The standard InChI is InChI=1S/C17H20N4O3S/c1-24-17(23)19-16-18-13(12-25-16)11-15(22)21-9-7-20(8-10-21)14-5-3-2-4-6-14/h2-6,12H,7-11H2,1H3,(H,18,19,23). The zero-order chi connectivity index (χ0) is 17.6. The van der Waals surface area contributed by atoms with E-state index in [2.05, 4.69) is 32.1 Å². The van der Waals surface area contributed by atoms with Crippen molar-refractivity contribution in [3.8, 4) is 0 Å². The molecule has 2 heterocycles. The number of rotatable bonds is 4. The van der Waals surface area contributed by atoms with Gasteiger partial charge in [0, 0.05) is 37.2 Å². The molecule has 0 atom stereocenters. The van der Waals surface area contributed by atoms with Gasteiger partial charge in [0.2, 0.25) is 5.91 Å². The summed E-state index contributed by atoms with van der Waals surface area (Å²) in [5, 5.41) is 4.72. The molecule has 1 aromatic carbocycles. The maximum atomic E-state index is 12.5. The first-order chi connectivity index (χ1) is 12.2. The predicted octanol–water partition coefficient (Wildman–Crippen LogP) is 2.21. The maximum Gasteiger partial charge on any atom is 0.413 e. The molecule has 1 aliphatic rings. The predicted molar refractivity (Wildman–Crippen MR) is 97.1 cm³/mol. The summed E-state index contributed by atoms with van der Waals surface area (Å²) in [6, 6.07) is 10.2. The van der Waals surface area contributed by atoms with Crippen LogP contribution in [-0.2, 0) is 16.0 Å². The van der Waals surface area contributed by atoms with Gasteiger partial charge in [0.25, 0.3) is 0 Å². The maximum absolute atomic E-state index is 12.5. The van der Waals surface area contributed by atoms with Crippen LogP contribution in [0.4, 0.5) is 15.6 Å². The molecule has 0 unspecified atom stereocenters. The second-order valence-electron chi connectivity index (χ2n) is 5.64. The van der Waals surface area contributed by atoms with Crippen LogP contribution in [0.15, 0.2) is 35.7 Å². The van der Waals surface area contributed by atoms with E-state index in [1.807, 2.05) is 23.1 Å². The molecule has 0 saturated carbocycles. The van der Waals surface area contributed by atoms with Gasteiger partial charge in [-0.1, -0.05) is 18.2 Å². The van der Waals surface area contributed by atoms with Crippen molar-refractivity contribution in [3.63, 3.8) is 0 Å². The second kappa shape index (κ2) is 7.98. The molecule has 0 bridgehead atoms. The number of para-hydroxylation sites is 1. The molecule has 8 heteroatoms. The molecule has 1 fully saturated rings. The van der Waals surface area contributed by atoms with E-state index < -0.39 is 6.09 Å². The van der Waals surface area contributed by atoms with Crippen LogP contribution in [0.1, 0.15) is 5.69 Å². The number of anilines is 2. The summed E-state index contributed by atoms with van der Waals surface area (Å²) in [5.74, 6) is 0.0580. The Kier molecular flexibility index (Phi) is 5.49. The molecule has 1 N–H and O–H groups in total. The van der Waals surface area contributed by atoms with E-state index in [4.69, 9.17) is 0 Å². The van der Waals surface area contributed by atoms with Crippen LogP contribution >= 0.6 is 11.3 Å². The number of hydrogen-bond acceptors (Lipinski definition) is 6. The van der Waals surface area contributed by atoms with Gasteiger partial charge in [-0.25, -0.2) is 9.78 Å². The van der Waals surface area contributed by atoms with Gasteiger partial charge < -0.3 is 14.5 Å². The molecule has 1 aromatic heterocycles. The number of methoxy groups -OCH3 is 1. The Labute approximate surface area is 150 Å². The Bertz CT molecular complexity index is 727. The van der Waals surface area contributed by atoms with Gasteiger partial charge in [-0.05, 0) is 12.1 Å². The molecule has 2 aromatic rings. The second-order valence-corrected chi connectivity index (χ2v) is 6.50. The van der Waals surface area contributed by atoms with Crippen molar-refractivity contribution in [1.29, 1.82) is 0 Å². The van der Waals surface area contributed by atoms with Crippen LogP contribution in [0, 0.1) is 0 Å². The highest BCUT2D eigenvalue weighted by Gasteiger charge is 2.22. The summed E-state index contributed by atoms with van der Waals surface area (Å²) in [4.78, 5) is 32.0. The van der Waals surface area contributed by atoms with Crippen molar-refractivity contribution < 1.29 is 14.3 Å². The summed E-state index contributed by atoms with van der Waals surface area (Å²) >= 11 is 1.28. The van der Waals surface area contributed by atoms with E-state index in [1.165, 1.54) is 24.1 Å². The number of aromatic nitrogens is 1. The van der Waals surface area contributed by atoms with E-state index in [1.54, 1.807) is 5.38 Å². The third-order valence-electron chi connectivity index (χ3n) is 4.03. The number of hydrogen-bond donors (Lipinski definition) is 1. The minimum absolute atomic E-state index is 0.0580. The fourth-order valence-electron chi connectivity index (χ4n) is 2.70. The summed E-state index contributed by atoms with van der Waals surface area (Å²) in [7, 11) is 1.29. The molecule has 2 amide bonds. The van der Waals surface area contributed by atoms with Crippen molar-refractivity contribution in [3.05, 3.63) is 41.4 Å². The summed E-state index contributed by atoms with van der Waals surface area (Å²) in [6.45, 7) is 3.04. The van der Waals surface area contributed by atoms with Crippen LogP contribution in [0.5, 0.6) is 0 Å². The van der Waals surface area contributed by atoms with Gasteiger partial charge in [-0.15, -0.1) is 11.3 Å². The van der Waals surface area contributed by atoms with Crippen molar-refractivity contribution in [1.82, 2.24) is 9.88 Å². The third-order valence-corrected chi connectivity index (χ3v) is 4.84.